The number of hydrogen-bond acceptors (Lipinski definition) is 0. The lowest BCUT2D eigenvalue weighted by Crippen LogP contribution is -1.96. The Bertz CT molecular complexity index is 2270. The number of benzene rings is 9. The summed E-state index contributed by atoms with van der Waals surface area (Å²) in [6.45, 7) is 16.0. The van der Waals surface area contributed by atoms with E-state index >= 15 is 0 Å². The Balaban J connectivity index is 0.000000428. The lowest BCUT2D eigenvalue weighted by atomic mass is 9.79. The largest absolute Gasteiger partial charge is 0.0683 e. The van der Waals surface area contributed by atoms with Gasteiger partial charge in [0.2, 0.25) is 0 Å². The Morgan fingerprint density at radius 2 is 0.417 bits per heavy atom. The van der Waals surface area contributed by atoms with Gasteiger partial charge in [-0.3, -0.25) is 0 Å². The van der Waals surface area contributed by atoms with E-state index in [4.69, 9.17) is 0 Å². The lowest BCUT2D eigenvalue weighted by molar-refractivity contribution is 1.04. The molecule has 2 aliphatic rings. The molecule has 0 atom stereocenters. The molecule has 0 radical (unpaired) electrons. The fourth-order valence-corrected chi connectivity index (χ4v) is 9.23. The standard InChI is InChI=1S/C40H24.4C2H6/c1-5-13-25-21(9-1)29-17-18-30-22-10-2-7-15-27(22)37-38-28-16-8-4-12-24(28)32-20-19-31-23-11-3-6-14-26(23)36(40(38)34(31)32)35(25)39(37)33(29)30;4*1-2/h1-16H,17-20H2;4*1-2H3. The van der Waals surface area contributed by atoms with Gasteiger partial charge in [-0.05, 0) is 134 Å². The highest BCUT2D eigenvalue weighted by molar-refractivity contribution is 6.50. The third kappa shape index (κ3) is 4.02. The molecule has 0 heteroatoms. The first-order valence-electron chi connectivity index (χ1n) is 18.7. The van der Waals surface area contributed by atoms with Crippen molar-refractivity contribution in [3.63, 3.8) is 0 Å². The first-order valence-corrected chi connectivity index (χ1v) is 18.7. The van der Waals surface area contributed by atoms with Gasteiger partial charge in [-0.25, -0.2) is 0 Å². The molecule has 0 amide bonds. The molecule has 0 nitrogen and oxygen atoms in total. The first-order chi connectivity index (χ1) is 23.9. The van der Waals surface area contributed by atoms with Crippen molar-refractivity contribution >= 4 is 86.2 Å². The highest BCUT2D eigenvalue weighted by Crippen LogP contribution is 2.56. The molecule has 0 aromatic heterocycles. The SMILES string of the molecule is CC.CC.CC.CC.c1ccc2c(c1)c1c3c(c4ccccc4c4c3c2c2c3ccccc3c3c5c(c6ccccc6c4c52)CC3)CC1. The van der Waals surface area contributed by atoms with Crippen LogP contribution in [0.5, 0.6) is 0 Å². The fraction of sp³-hybridized carbons (Fsp3) is 0.250. The molecule has 0 saturated heterocycles. The van der Waals surface area contributed by atoms with Gasteiger partial charge in [0.1, 0.15) is 0 Å². The van der Waals surface area contributed by atoms with Crippen molar-refractivity contribution in [1.82, 2.24) is 0 Å². The summed E-state index contributed by atoms with van der Waals surface area (Å²) in [5.74, 6) is 0. The molecule has 0 spiro atoms. The van der Waals surface area contributed by atoms with Crippen molar-refractivity contribution in [2.75, 3.05) is 0 Å². The van der Waals surface area contributed by atoms with E-state index in [0.717, 1.165) is 25.7 Å². The third-order valence-corrected chi connectivity index (χ3v) is 10.5. The van der Waals surface area contributed by atoms with Gasteiger partial charge >= 0.3 is 0 Å². The zero-order valence-electron chi connectivity index (χ0n) is 30.1. The van der Waals surface area contributed by atoms with Crippen molar-refractivity contribution in [3.05, 3.63) is 119 Å². The summed E-state index contributed by atoms with van der Waals surface area (Å²) in [7, 11) is 0. The van der Waals surface area contributed by atoms with Crippen molar-refractivity contribution in [3.8, 4) is 0 Å². The fourth-order valence-electron chi connectivity index (χ4n) is 9.23. The number of hydrogen-bond donors (Lipinski definition) is 0. The molecule has 0 N–H and O–H groups in total. The summed E-state index contributed by atoms with van der Waals surface area (Å²) in [6.07, 6.45) is 4.51. The van der Waals surface area contributed by atoms with Gasteiger partial charge < -0.3 is 0 Å². The van der Waals surface area contributed by atoms with Crippen LogP contribution in [0.2, 0.25) is 0 Å². The average Bonchev–Trinajstić information content (AvgIpc) is 3.84. The molecular weight excluding hydrogens is 577 g/mol. The van der Waals surface area contributed by atoms with Gasteiger partial charge in [-0.15, -0.1) is 0 Å². The highest BCUT2D eigenvalue weighted by Gasteiger charge is 2.31. The first kappa shape index (κ1) is 31.9. The Morgan fingerprint density at radius 3 is 0.625 bits per heavy atom. The van der Waals surface area contributed by atoms with Crippen LogP contribution in [-0.4, -0.2) is 0 Å². The van der Waals surface area contributed by atoms with Crippen LogP contribution in [0.1, 0.15) is 77.6 Å². The Kier molecular flexibility index (Phi) is 8.46. The molecule has 9 aromatic rings. The Morgan fingerprint density at radius 1 is 0.229 bits per heavy atom. The van der Waals surface area contributed by atoms with Crippen molar-refractivity contribution in [1.29, 1.82) is 0 Å². The quantitative estimate of drug-likeness (QED) is 0.116. The van der Waals surface area contributed by atoms with Crippen molar-refractivity contribution in [2.45, 2.75) is 81.1 Å². The van der Waals surface area contributed by atoms with Crippen LogP contribution in [-0.2, 0) is 25.7 Å². The van der Waals surface area contributed by atoms with Crippen LogP contribution >= 0.6 is 0 Å². The monoisotopic (exact) mass is 624 g/mol. The predicted octanol–water partition coefficient (Wildman–Crippen LogP) is 14.7. The summed E-state index contributed by atoms with van der Waals surface area (Å²) >= 11 is 0. The van der Waals surface area contributed by atoms with Crippen LogP contribution in [0, 0.1) is 0 Å². The molecule has 0 heterocycles. The summed E-state index contributed by atoms with van der Waals surface area (Å²) in [5, 5.41) is 23.5. The van der Waals surface area contributed by atoms with Crippen molar-refractivity contribution in [2.24, 2.45) is 0 Å². The summed E-state index contributed by atoms with van der Waals surface area (Å²) < 4.78 is 0. The topological polar surface area (TPSA) is 0 Å². The minimum absolute atomic E-state index is 1.13. The van der Waals surface area contributed by atoms with E-state index in [1.165, 1.54) is 86.2 Å². The van der Waals surface area contributed by atoms with Crippen LogP contribution in [0.25, 0.3) is 86.2 Å². The molecule has 2 aliphatic carbocycles. The average molecular weight is 625 g/mol. The molecule has 240 valence electrons. The van der Waals surface area contributed by atoms with Crippen LogP contribution < -0.4 is 0 Å². The number of aryl methyl sites for hydroxylation is 4. The Hall–Kier alpha value is -4.68. The molecule has 9 aromatic carbocycles. The second-order valence-corrected chi connectivity index (χ2v) is 12.1. The zero-order valence-corrected chi connectivity index (χ0v) is 30.1. The minimum atomic E-state index is 1.13. The Labute approximate surface area is 285 Å². The van der Waals surface area contributed by atoms with Gasteiger partial charge in [-0.1, -0.05) is 152 Å². The maximum absolute atomic E-state index is 2.40. The molecule has 0 unspecified atom stereocenters. The van der Waals surface area contributed by atoms with Gasteiger partial charge in [0.05, 0.1) is 0 Å². The van der Waals surface area contributed by atoms with Gasteiger partial charge in [-0.2, -0.15) is 0 Å². The number of fused-ring (bicyclic) bond motifs is 14. The predicted molar refractivity (Wildman–Crippen MR) is 218 cm³/mol. The van der Waals surface area contributed by atoms with Gasteiger partial charge in [0, 0.05) is 0 Å². The summed E-state index contributed by atoms with van der Waals surface area (Å²) in [4.78, 5) is 0. The molecule has 0 bridgehead atoms. The van der Waals surface area contributed by atoms with Crippen LogP contribution in [0.4, 0.5) is 0 Å². The number of rotatable bonds is 0. The van der Waals surface area contributed by atoms with E-state index in [-0.39, 0.29) is 0 Å². The molecular formula is C48H48. The lowest BCUT2D eigenvalue weighted by Gasteiger charge is -2.23. The summed E-state index contributed by atoms with van der Waals surface area (Å²) in [5.41, 5.74) is 6.23. The highest BCUT2D eigenvalue weighted by atomic mass is 14.3. The van der Waals surface area contributed by atoms with E-state index in [2.05, 4.69) is 97.1 Å². The van der Waals surface area contributed by atoms with Crippen LogP contribution in [0.3, 0.4) is 0 Å². The zero-order chi connectivity index (χ0) is 33.7. The molecule has 48 heavy (non-hydrogen) atoms. The molecule has 0 fully saturated rings. The third-order valence-electron chi connectivity index (χ3n) is 10.5. The van der Waals surface area contributed by atoms with Crippen LogP contribution in [0.15, 0.2) is 97.1 Å². The minimum Gasteiger partial charge on any atom is -0.0683 e. The van der Waals surface area contributed by atoms with E-state index in [9.17, 15) is 0 Å². The molecule has 0 aliphatic heterocycles. The molecule has 0 saturated carbocycles. The van der Waals surface area contributed by atoms with Gasteiger partial charge in [0.15, 0.2) is 0 Å². The smallest absolute Gasteiger partial charge is 0.000731 e. The van der Waals surface area contributed by atoms with Gasteiger partial charge in [0.25, 0.3) is 0 Å². The normalized spacial score (nSPS) is 12.7. The second kappa shape index (κ2) is 12.7. The van der Waals surface area contributed by atoms with E-state index in [0.29, 0.717) is 0 Å². The van der Waals surface area contributed by atoms with E-state index in [1.54, 1.807) is 22.3 Å². The maximum atomic E-state index is 2.40. The van der Waals surface area contributed by atoms with E-state index < -0.39 is 0 Å². The second-order valence-electron chi connectivity index (χ2n) is 12.1. The van der Waals surface area contributed by atoms with Crippen molar-refractivity contribution < 1.29 is 0 Å². The van der Waals surface area contributed by atoms with E-state index in [1.807, 2.05) is 55.4 Å². The molecule has 11 rings (SSSR count). The maximum Gasteiger partial charge on any atom is -0.000731 e. The summed E-state index contributed by atoms with van der Waals surface area (Å²) in [6, 6.07) is 37.1.